The van der Waals surface area contributed by atoms with Crippen LogP contribution in [0.1, 0.15) is 22.8 Å². The molecular weight excluding hydrogens is 296 g/mol. The van der Waals surface area contributed by atoms with E-state index in [1.165, 1.54) is 0 Å². The Morgan fingerprint density at radius 3 is 2.72 bits per heavy atom. The standard InChI is InChI=1S/C13H15BrN2O2/c1-3-15-4-5-16-11-8(2)6-9(14)7-10(11)12(17)13(16)18/h6-7,15H,3-5H2,1-2H3. The lowest BCUT2D eigenvalue weighted by Crippen LogP contribution is -2.36. The number of benzene rings is 1. The molecule has 4 nitrogen and oxygen atoms in total. The summed E-state index contributed by atoms with van der Waals surface area (Å²) < 4.78 is 0.827. The summed E-state index contributed by atoms with van der Waals surface area (Å²) >= 11 is 3.35. The molecule has 0 saturated heterocycles. The number of amides is 1. The monoisotopic (exact) mass is 310 g/mol. The fourth-order valence-electron chi connectivity index (χ4n) is 2.19. The molecule has 2 rings (SSSR count). The van der Waals surface area contributed by atoms with Crippen LogP contribution in [0.5, 0.6) is 0 Å². The van der Waals surface area contributed by atoms with E-state index in [1.54, 1.807) is 11.0 Å². The Labute approximate surface area is 114 Å². The Hall–Kier alpha value is -1.20. The number of halogens is 1. The van der Waals surface area contributed by atoms with Gasteiger partial charge in [0.25, 0.3) is 11.7 Å². The minimum absolute atomic E-state index is 0.411. The summed E-state index contributed by atoms with van der Waals surface area (Å²) in [5.74, 6) is -0.838. The average molecular weight is 311 g/mol. The van der Waals surface area contributed by atoms with Crippen LogP contribution >= 0.6 is 15.9 Å². The second kappa shape index (κ2) is 5.20. The van der Waals surface area contributed by atoms with Crippen LogP contribution < -0.4 is 10.2 Å². The number of likely N-dealkylation sites (N-methyl/N-ethyl adjacent to an activating group) is 1. The van der Waals surface area contributed by atoms with Crippen LogP contribution in [0.4, 0.5) is 5.69 Å². The molecule has 1 heterocycles. The van der Waals surface area contributed by atoms with Crippen molar-refractivity contribution in [2.75, 3.05) is 24.5 Å². The Morgan fingerprint density at radius 2 is 2.06 bits per heavy atom. The van der Waals surface area contributed by atoms with Gasteiger partial charge < -0.3 is 10.2 Å². The summed E-state index contributed by atoms with van der Waals surface area (Å²) in [7, 11) is 0. The number of anilines is 1. The summed E-state index contributed by atoms with van der Waals surface area (Å²) in [6.07, 6.45) is 0. The molecule has 0 radical (unpaired) electrons. The number of nitrogens with zero attached hydrogens (tertiary/aromatic N) is 1. The maximum Gasteiger partial charge on any atom is 0.299 e. The molecule has 96 valence electrons. The van der Waals surface area contributed by atoms with Gasteiger partial charge in [-0.15, -0.1) is 0 Å². The third-order valence-electron chi connectivity index (χ3n) is 2.98. The zero-order valence-electron chi connectivity index (χ0n) is 10.4. The van der Waals surface area contributed by atoms with Crippen LogP contribution in [-0.4, -0.2) is 31.3 Å². The van der Waals surface area contributed by atoms with Gasteiger partial charge >= 0.3 is 0 Å². The van der Waals surface area contributed by atoms with Crippen LogP contribution in [0.25, 0.3) is 0 Å². The van der Waals surface area contributed by atoms with Crippen molar-refractivity contribution in [3.05, 3.63) is 27.7 Å². The molecule has 0 atom stereocenters. The van der Waals surface area contributed by atoms with Gasteiger partial charge in [-0.2, -0.15) is 0 Å². The number of hydrogen-bond donors (Lipinski definition) is 1. The second-order valence-electron chi connectivity index (χ2n) is 4.26. The summed E-state index contributed by atoms with van der Waals surface area (Å²) in [5.41, 5.74) is 2.20. The van der Waals surface area contributed by atoms with E-state index in [0.29, 0.717) is 18.7 Å². The fourth-order valence-corrected chi connectivity index (χ4v) is 2.76. The number of hydrogen-bond acceptors (Lipinski definition) is 3. The molecule has 0 bridgehead atoms. The van der Waals surface area contributed by atoms with E-state index in [1.807, 2.05) is 19.9 Å². The molecule has 1 N–H and O–H groups in total. The van der Waals surface area contributed by atoms with E-state index in [9.17, 15) is 9.59 Å². The number of aryl methyl sites for hydroxylation is 1. The molecule has 0 aromatic heterocycles. The maximum absolute atomic E-state index is 12.0. The largest absolute Gasteiger partial charge is 0.315 e. The van der Waals surface area contributed by atoms with Gasteiger partial charge in [-0.25, -0.2) is 0 Å². The minimum atomic E-state index is -0.427. The molecule has 1 aliphatic rings. The van der Waals surface area contributed by atoms with Crippen molar-refractivity contribution in [3.63, 3.8) is 0 Å². The average Bonchev–Trinajstić information content (AvgIpc) is 2.55. The first-order valence-electron chi connectivity index (χ1n) is 5.93. The van der Waals surface area contributed by atoms with Crippen molar-refractivity contribution in [2.45, 2.75) is 13.8 Å². The first-order valence-corrected chi connectivity index (χ1v) is 6.72. The highest BCUT2D eigenvalue weighted by atomic mass is 79.9. The highest BCUT2D eigenvalue weighted by Gasteiger charge is 2.36. The molecule has 1 amide bonds. The molecule has 1 aliphatic heterocycles. The van der Waals surface area contributed by atoms with Crippen LogP contribution in [0.3, 0.4) is 0 Å². The molecule has 18 heavy (non-hydrogen) atoms. The van der Waals surface area contributed by atoms with Gasteiger partial charge in [-0.1, -0.05) is 22.9 Å². The number of carbonyl (C=O) groups excluding carboxylic acids is 2. The minimum Gasteiger partial charge on any atom is -0.315 e. The Morgan fingerprint density at radius 1 is 1.33 bits per heavy atom. The lowest BCUT2D eigenvalue weighted by molar-refractivity contribution is -0.114. The fraction of sp³-hybridized carbons (Fsp3) is 0.385. The van der Waals surface area contributed by atoms with Gasteiger partial charge in [0.15, 0.2) is 0 Å². The number of Topliss-reactive ketones (excluding diaryl/α,β-unsaturated/α-hetero) is 1. The Balaban J connectivity index is 2.36. The van der Waals surface area contributed by atoms with Crippen LogP contribution in [0.15, 0.2) is 16.6 Å². The van der Waals surface area contributed by atoms with Crippen LogP contribution in [0, 0.1) is 6.92 Å². The molecule has 1 aromatic carbocycles. The first kappa shape index (κ1) is 13.2. The lowest BCUT2D eigenvalue weighted by atomic mass is 10.1. The topological polar surface area (TPSA) is 49.4 Å². The molecule has 5 heteroatoms. The third-order valence-corrected chi connectivity index (χ3v) is 3.44. The van der Waals surface area contributed by atoms with Crippen molar-refractivity contribution in [1.29, 1.82) is 0 Å². The van der Waals surface area contributed by atoms with Gasteiger partial charge in [0.05, 0.1) is 11.3 Å². The SMILES string of the molecule is CCNCCN1C(=O)C(=O)c2cc(Br)cc(C)c21. The van der Waals surface area contributed by atoms with Crippen molar-refractivity contribution in [2.24, 2.45) is 0 Å². The summed E-state index contributed by atoms with van der Waals surface area (Å²) in [4.78, 5) is 25.4. The molecule has 0 fully saturated rings. The van der Waals surface area contributed by atoms with Gasteiger partial charge in [0.2, 0.25) is 0 Å². The van der Waals surface area contributed by atoms with Gasteiger partial charge in [0.1, 0.15) is 0 Å². The smallest absolute Gasteiger partial charge is 0.299 e. The summed E-state index contributed by atoms with van der Waals surface area (Å²) in [6, 6.07) is 3.64. The predicted molar refractivity (Wildman–Crippen MR) is 74.1 cm³/mol. The van der Waals surface area contributed by atoms with E-state index >= 15 is 0 Å². The molecule has 0 aliphatic carbocycles. The maximum atomic E-state index is 12.0. The quantitative estimate of drug-likeness (QED) is 0.682. The predicted octanol–water partition coefficient (Wildman–Crippen LogP) is 1.90. The number of carbonyl (C=O) groups is 2. The van der Waals surface area contributed by atoms with E-state index in [-0.39, 0.29) is 0 Å². The summed E-state index contributed by atoms with van der Waals surface area (Å²) in [6.45, 7) is 5.98. The van der Waals surface area contributed by atoms with Crippen molar-refractivity contribution in [3.8, 4) is 0 Å². The lowest BCUT2D eigenvalue weighted by Gasteiger charge is -2.18. The van der Waals surface area contributed by atoms with E-state index < -0.39 is 11.7 Å². The Bertz CT molecular complexity index is 514. The first-order chi connectivity index (χ1) is 8.56. The number of nitrogens with one attached hydrogen (secondary N) is 1. The van der Waals surface area contributed by atoms with Gasteiger partial charge in [0, 0.05) is 17.6 Å². The third kappa shape index (κ3) is 2.20. The van der Waals surface area contributed by atoms with Crippen molar-refractivity contribution < 1.29 is 9.59 Å². The van der Waals surface area contributed by atoms with E-state index in [0.717, 1.165) is 22.3 Å². The summed E-state index contributed by atoms with van der Waals surface area (Å²) in [5, 5.41) is 3.16. The van der Waals surface area contributed by atoms with Crippen LogP contribution in [0.2, 0.25) is 0 Å². The number of ketones is 1. The van der Waals surface area contributed by atoms with Gasteiger partial charge in [-0.05, 0) is 31.2 Å². The molecule has 0 spiro atoms. The zero-order valence-corrected chi connectivity index (χ0v) is 12.0. The zero-order chi connectivity index (χ0) is 13.3. The second-order valence-corrected chi connectivity index (χ2v) is 5.17. The van der Waals surface area contributed by atoms with Crippen LogP contribution in [-0.2, 0) is 4.79 Å². The molecule has 0 unspecified atom stereocenters. The normalized spacial score (nSPS) is 14.3. The Kier molecular flexibility index (Phi) is 3.82. The highest BCUT2D eigenvalue weighted by Crippen LogP contribution is 2.34. The van der Waals surface area contributed by atoms with E-state index in [2.05, 4.69) is 21.2 Å². The van der Waals surface area contributed by atoms with Crippen molar-refractivity contribution >= 4 is 33.3 Å². The molecule has 0 saturated carbocycles. The number of fused-ring (bicyclic) bond motifs is 1. The van der Waals surface area contributed by atoms with Crippen molar-refractivity contribution in [1.82, 2.24) is 5.32 Å². The highest BCUT2D eigenvalue weighted by molar-refractivity contribution is 9.10. The van der Waals surface area contributed by atoms with Gasteiger partial charge in [-0.3, -0.25) is 9.59 Å². The molecular formula is C13H15BrN2O2. The van der Waals surface area contributed by atoms with E-state index in [4.69, 9.17) is 0 Å². The number of rotatable bonds is 4. The molecule has 1 aromatic rings.